The van der Waals surface area contributed by atoms with Gasteiger partial charge in [-0.2, -0.15) is 17.5 Å². The Morgan fingerprint density at radius 1 is 1.10 bits per heavy atom. The van der Waals surface area contributed by atoms with Crippen LogP contribution >= 0.6 is 0 Å². The van der Waals surface area contributed by atoms with E-state index in [9.17, 15) is 34.8 Å². The molecule has 0 saturated carbocycles. The number of hydrogen-bond acceptors (Lipinski definition) is 5. The first kappa shape index (κ1) is 22.0. The Bertz CT molecular complexity index is 1010. The SMILES string of the molecule is CCC[C@H]1C(=O)N(S(C)(=O)=O)[C@H]2CCN(S(=O)(=O)c3ccc(C(F)(F)F)cc3)[C@H]12. The van der Waals surface area contributed by atoms with E-state index in [2.05, 4.69) is 0 Å². The average molecular weight is 454 g/mol. The molecule has 2 aliphatic heterocycles. The predicted molar refractivity (Wildman–Crippen MR) is 97.6 cm³/mol. The second-order valence-electron chi connectivity index (χ2n) is 7.28. The van der Waals surface area contributed by atoms with E-state index in [1.807, 2.05) is 0 Å². The molecule has 0 unspecified atom stereocenters. The molecule has 2 aliphatic rings. The molecular formula is C17H21F3N2O5S2. The number of hydrogen-bond donors (Lipinski definition) is 0. The Morgan fingerprint density at radius 3 is 2.17 bits per heavy atom. The lowest BCUT2D eigenvalue weighted by Crippen LogP contribution is -2.43. The monoisotopic (exact) mass is 454 g/mol. The Hall–Kier alpha value is -1.66. The highest BCUT2D eigenvalue weighted by molar-refractivity contribution is 7.89. The molecule has 1 aromatic carbocycles. The first-order valence-electron chi connectivity index (χ1n) is 9.02. The predicted octanol–water partition coefficient (Wildman–Crippen LogP) is 2.06. The summed E-state index contributed by atoms with van der Waals surface area (Å²) in [5, 5.41) is 0. The van der Waals surface area contributed by atoms with Gasteiger partial charge in [-0.1, -0.05) is 13.3 Å². The minimum absolute atomic E-state index is 0.0157. The van der Waals surface area contributed by atoms with E-state index in [1.165, 1.54) is 0 Å². The van der Waals surface area contributed by atoms with Crippen LogP contribution in [0.4, 0.5) is 13.2 Å². The summed E-state index contributed by atoms with van der Waals surface area (Å²) < 4.78 is 90.6. The smallest absolute Gasteiger partial charge is 0.273 e. The van der Waals surface area contributed by atoms with E-state index >= 15 is 0 Å². The molecule has 0 bridgehead atoms. The first-order chi connectivity index (χ1) is 13.3. The summed E-state index contributed by atoms with van der Waals surface area (Å²) in [5.74, 6) is -1.44. The summed E-state index contributed by atoms with van der Waals surface area (Å²) in [6, 6.07) is 1.46. The number of carbonyl (C=O) groups excluding carboxylic acids is 1. The van der Waals surface area contributed by atoms with Gasteiger partial charge in [-0.25, -0.2) is 21.1 Å². The van der Waals surface area contributed by atoms with Crippen molar-refractivity contribution in [1.82, 2.24) is 8.61 Å². The Balaban J connectivity index is 2.00. The third-order valence-electron chi connectivity index (χ3n) is 5.37. The van der Waals surface area contributed by atoms with Crippen molar-refractivity contribution in [2.24, 2.45) is 5.92 Å². The van der Waals surface area contributed by atoms with E-state index in [-0.39, 0.29) is 17.9 Å². The van der Waals surface area contributed by atoms with Gasteiger partial charge in [-0.05, 0) is 37.1 Å². The summed E-state index contributed by atoms with van der Waals surface area (Å²) in [6.45, 7) is 1.78. The van der Waals surface area contributed by atoms with Crippen LogP contribution in [0.3, 0.4) is 0 Å². The van der Waals surface area contributed by atoms with Crippen molar-refractivity contribution < 1.29 is 34.8 Å². The van der Waals surface area contributed by atoms with Crippen LogP contribution in [0.15, 0.2) is 29.2 Å². The van der Waals surface area contributed by atoms with Crippen LogP contribution in [0.25, 0.3) is 0 Å². The van der Waals surface area contributed by atoms with Crippen LogP contribution in [0.5, 0.6) is 0 Å². The number of sulfonamides is 2. The number of rotatable bonds is 5. The van der Waals surface area contributed by atoms with Gasteiger partial charge in [0, 0.05) is 6.54 Å². The average Bonchev–Trinajstić information content (AvgIpc) is 3.13. The second kappa shape index (κ2) is 7.24. The summed E-state index contributed by atoms with van der Waals surface area (Å²) >= 11 is 0. The van der Waals surface area contributed by atoms with Crippen LogP contribution in [-0.2, 0) is 31.0 Å². The van der Waals surface area contributed by atoms with E-state index in [0.717, 1.165) is 27.0 Å². The molecule has 3 rings (SSSR count). The molecule has 2 saturated heterocycles. The third kappa shape index (κ3) is 3.77. The number of benzene rings is 1. The molecule has 0 N–H and O–H groups in total. The lowest BCUT2D eigenvalue weighted by molar-refractivity contribution is -0.137. The molecule has 7 nitrogen and oxygen atoms in total. The summed E-state index contributed by atoms with van der Waals surface area (Å²) in [6.07, 6.45) is -2.69. The largest absolute Gasteiger partial charge is 0.416 e. The van der Waals surface area contributed by atoms with E-state index < -0.39 is 55.7 Å². The number of carbonyl (C=O) groups is 1. The number of amides is 1. The van der Waals surface area contributed by atoms with Crippen LogP contribution < -0.4 is 0 Å². The first-order valence-corrected chi connectivity index (χ1v) is 12.3. The fourth-order valence-corrected chi connectivity index (χ4v) is 7.10. The quantitative estimate of drug-likeness (QED) is 0.679. The van der Waals surface area contributed by atoms with Crippen LogP contribution in [0.2, 0.25) is 0 Å². The van der Waals surface area contributed by atoms with Crippen LogP contribution in [0, 0.1) is 5.92 Å². The highest BCUT2D eigenvalue weighted by Crippen LogP contribution is 2.42. The van der Waals surface area contributed by atoms with Gasteiger partial charge in [0.25, 0.3) is 0 Å². The molecule has 0 spiro atoms. The topological polar surface area (TPSA) is 91.8 Å². The van der Waals surface area contributed by atoms with Crippen molar-refractivity contribution in [2.75, 3.05) is 12.8 Å². The molecule has 0 aromatic heterocycles. The zero-order chi connectivity index (χ0) is 21.8. The van der Waals surface area contributed by atoms with Gasteiger partial charge in [-0.3, -0.25) is 4.79 Å². The highest BCUT2D eigenvalue weighted by atomic mass is 32.2. The number of alkyl halides is 3. The zero-order valence-corrected chi connectivity index (χ0v) is 17.4. The number of fused-ring (bicyclic) bond motifs is 1. The minimum atomic E-state index is -4.60. The maximum absolute atomic E-state index is 13.1. The number of nitrogens with zero attached hydrogens (tertiary/aromatic N) is 2. The van der Waals surface area contributed by atoms with E-state index in [1.54, 1.807) is 6.92 Å². The van der Waals surface area contributed by atoms with Gasteiger partial charge in [0.15, 0.2) is 0 Å². The molecule has 1 aromatic rings. The lowest BCUT2D eigenvalue weighted by Gasteiger charge is -2.26. The Labute approximate surface area is 167 Å². The molecule has 162 valence electrons. The van der Waals surface area contributed by atoms with E-state index in [4.69, 9.17) is 0 Å². The van der Waals surface area contributed by atoms with Crippen LogP contribution in [-0.4, -0.2) is 56.2 Å². The molecule has 29 heavy (non-hydrogen) atoms. The second-order valence-corrected chi connectivity index (χ2v) is 11.0. The molecule has 2 heterocycles. The minimum Gasteiger partial charge on any atom is -0.273 e. The maximum atomic E-state index is 13.1. The Kier molecular flexibility index (Phi) is 5.50. The molecule has 2 fully saturated rings. The van der Waals surface area contributed by atoms with Gasteiger partial charge in [0.1, 0.15) is 0 Å². The number of halogens is 3. The molecule has 0 aliphatic carbocycles. The fraction of sp³-hybridized carbons (Fsp3) is 0.588. The molecule has 3 atom stereocenters. The van der Waals surface area contributed by atoms with Gasteiger partial charge in [0.05, 0.1) is 34.7 Å². The zero-order valence-electron chi connectivity index (χ0n) is 15.8. The van der Waals surface area contributed by atoms with Crippen molar-refractivity contribution >= 4 is 26.0 Å². The molecule has 0 radical (unpaired) electrons. The lowest BCUT2D eigenvalue weighted by atomic mass is 9.95. The van der Waals surface area contributed by atoms with Crippen molar-refractivity contribution in [3.8, 4) is 0 Å². The van der Waals surface area contributed by atoms with Crippen molar-refractivity contribution in [3.63, 3.8) is 0 Å². The standard InChI is InChI=1S/C17H21F3N2O5S2/c1-3-4-13-15-14(22(16(13)23)28(2,24)25)9-10-21(15)29(26,27)12-7-5-11(6-8-12)17(18,19)20/h5-8,13-15H,3-4,9-10H2,1-2H3/t13-,14+,15-/m1/s1. The van der Waals surface area contributed by atoms with Crippen molar-refractivity contribution in [2.45, 2.75) is 49.3 Å². The summed E-state index contributed by atoms with van der Waals surface area (Å²) in [7, 11) is -8.08. The van der Waals surface area contributed by atoms with Gasteiger partial charge >= 0.3 is 6.18 Å². The van der Waals surface area contributed by atoms with Crippen LogP contribution in [0.1, 0.15) is 31.7 Å². The van der Waals surface area contributed by atoms with Crippen molar-refractivity contribution in [3.05, 3.63) is 29.8 Å². The molecular weight excluding hydrogens is 433 g/mol. The summed E-state index contributed by atoms with van der Waals surface area (Å²) in [4.78, 5) is 12.4. The molecule has 1 amide bonds. The van der Waals surface area contributed by atoms with Gasteiger partial charge in [-0.15, -0.1) is 0 Å². The third-order valence-corrected chi connectivity index (χ3v) is 8.44. The maximum Gasteiger partial charge on any atom is 0.416 e. The van der Waals surface area contributed by atoms with Gasteiger partial charge in [0.2, 0.25) is 26.0 Å². The summed E-state index contributed by atoms with van der Waals surface area (Å²) in [5.41, 5.74) is -0.973. The fourth-order valence-electron chi connectivity index (χ4n) is 4.22. The highest BCUT2D eigenvalue weighted by Gasteiger charge is 2.58. The van der Waals surface area contributed by atoms with Crippen molar-refractivity contribution in [1.29, 1.82) is 0 Å². The van der Waals surface area contributed by atoms with Gasteiger partial charge < -0.3 is 0 Å². The molecule has 12 heteroatoms. The Morgan fingerprint density at radius 2 is 1.69 bits per heavy atom. The normalized spacial score (nSPS) is 26.2. The van der Waals surface area contributed by atoms with E-state index in [0.29, 0.717) is 25.0 Å².